The molecule has 2 N–H and O–H groups in total. The summed E-state index contributed by atoms with van der Waals surface area (Å²) in [5, 5.41) is 8.10. The van der Waals surface area contributed by atoms with Crippen molar-refractivity contribution in [3.63, 3.8) is 0 Å². The molecule has 0 aliphatic carbocycles. The van der Waals surface area contributed by atoms with Gasteiger partial charge in [-0.2, -0.15) is 4.31 Å². The van der Waals surface area contributed by atoms with Crippen LogP contribution < -0.4 is 5.73 Å². The molecular formula is C21H31N7O3S. The first-order valence-corrected chi connectivity index (χ1v) is 12.1. The van der Waals surface area contributed by atoms with Crippen molar-refractivity contribution in [1.82, 2.24) is 19.4 Å². The maximum absolute atomic E-state index is 12.1. The molecule has 0 unspecified atom stereocenters. The van der Waals surface area contributed by atoms with Crippen LogP contribution in [0, 0.1) is 0 Å². The topological polar surface area (TPSA) is 130 Å². The summed E-state index contributed by atoms with van der Waals surface area (Å²) in [5.74, 6) is 1.57. The van der Waals surface area contributed by atoms with Gasteiger partial charge >= 0.3 is 0 Å². The minimum Gasteiger partial charge on any atom is -0.419 e. The lowest BCUT2D eigenvalue weighted by atomic mass is 10.2. The fourth-order valence-electron chi connectivity index (χ4n) is 2.90. The summed E-state index contributed by atoms with van der Waals surface area (Å²) in [5.41, 5.74) is 6.38. The Hall–Kier alpha value is -3.05. The molecule has 0 saturated carbocycles. The lowest BCUT2D eigenvalue weighted by Gasteiger charge is -2.34. The number of amidine groups is 1. The molecule has 0 bridgehead atoms. The van der Waals surface area contributed by atoms with Gasteiger partial charge in [0.2, 0.25) is 21.8 Å². The van der Waals surface area contributed by atoms with Gasteiger partial charge in [0.25, 0.3) is 0 Å². The minimum absolute atomic E-state index is 0.0866. The van der Waals surface area contributed by atoms with Gasteiger partial charge in [-0.3, -0.25) is 4.99 Å². The average Bonchev–Trinajstić information content (AvgIpc) is 3.30. The van der Waals surface area contributed by atoms with Crippen LogP contribution in [0.25, 0.3) is 11.5 Å². The Kier molecular flexibility index (Phi) is 9.54. The number of hydrogen-bond donors (Lipinski definition) is 1. The summed E-state index contributed by atoms with van der Waals surface area (Å²) >= 11 is 0. The molecule has 1 aromatic carbocycles. The average molecular weight is 462 g/mol. The molecule has 10 nitrogen and oxygen atoms in total. The van der Waals surface area contributed by atoms with E-state index in [9.17, 15) is 8.42 Å². The van der Waals surface area contributed by atoms with Gasteiger partial charge in [-0.25, -0.2) is 13.4 Å². The molecular weight excluding hydrogens is 430 g/mol. The molecule has 1 aliphatic rings. The van der Waals surface area contributed by atoms with Crippen LogP contribution in [-0.2, 0) is 16.6 Å². The molecule has 174 valence electrons. The zero-order valence-corrected chi connectivity index (χ0v) is 19.6. The Morgan fingerprint density at radius 3 is 2.44 bits per heavy atom. The summed E-state index contributed by atoms with van der Waals surface area (Å²) in [6.45, 7) is 11.1. The van der Waals surface area contributed by atoms with Gasteiger partial charge in [0, 0.05) is 31.7 Å². The first-order chi connectivity index (χ1) is 15.4. The lowest BCUT2D eigenvalue weighted by molar-refractivity contribution is 0.268. The van der Waals surface area contributed by atoms with Gasteiger partial charge in [-0.1, -0.05) is 38.6 Å². The van der Waals surface area contributed by atoms with E-state index < -0.39 is 10.0 Å². The van der Waals surface area contributed by atoms with Crippen LogP contribution in [-0.4, -0.2) is 71.8 Å². The highest BCUT2D eigenvalue weighted by Gasteiger charge is 2.26. The Balaban J connectivity index is 0.00000176. The van der Waals surface area contributed by atoms with E-state index in [0.717, 1.165) is 5.56 Å². The van der Waals surface area contributed by atoms with E-state index in [1.165, 1.54) is 10.5 Å². The third kappa shape index (κ3) is 6.99. The first kappa shape index (κ1) is 25.2. The normalized spacial score (nSPS) is 15.5. The van der Waals surface area contributed by atoms with E-state index >= 15 is 0 Å². The van der Waals surface area contributed by atoms with E-state index in [1.807, 2.05) is 49.1 Å². The first-order valence-electron chi connectivity index (χ1n) is 10.5. The van der Waals surface area contributed by atoms with E-state index in [0.29, 0.717) is 43.8 Å². The second-order valence-corrected chi connectivity index (χ2v) is 8.84. The third-order valence-electron chi connectivity index (χ3n) is 4.53. The van der Waals surface area contributed by atoms with Crippen molar-refractivity contribution in [2.45, 2.75) is 27.3 Å². The van der Waals surface area contributed by atoms with Gasteiger partial charge in [-0.05, 0) is 19.1 Å². The van der Waals surface area contributed by atoms with Crippen LogP contribution in [0.1, 0.15) is 26.7 Å². The monoisotopic (exact) mass is 461 g/mol. The quantitative estimate of drug-likeness (QED) is 0.494. The fraction of sp³-hybridized carbons (Fsp3) is 0.429. The largest absolute Gasteiger partial charge is 0.419 e. The molecule has 1 fully saturated rings. The van der Waals surface area contributed by atoms with E-state index in [4.69, 9.17) is 10.2 Å². The number of hydrogen-bond acceptors (Lipinski definition) is 8. The number of benzene rings is 1. The van der Waals surface area contributed by atoms with Crippen molar-refractivity contribution in [3.8, 4) is 11.5 Å². The summed E-state index contributed by atoms with van der Waals surface area (Å²) in [6, 6.07) is 9.46. The molecule has 1 aromatic heterocycles. The van der Waals surface area contributed by atoms with Crippen molar-refractivity contribution in [3.05, 3.63) is 48.6 Å². The molecule has 0 atom stereocenters. The molecule has 2 aromatic rings. The van der Waals surface area contributed by atoms with Crippen molar-refractivity contribution in [2.24, 2.45) is 15.7 Å². The number of aliphatic imine (C=N–C) groups is 2. The highest BCUT2D eigenvalue weighted by molar-refractivity contribution is 7.89. The lowest BCUT2D eigenvalue weighted by Crippen LogP contribution is -2.51. The Morgan fingerprint density at radius 2 is 1.84 bits per heavy atom. The van der Waals surface area contributed by atoms with Crippen LogP contribution in [0.15, 0.2) is 57.1 Å². The molecule has 0 amide bonds. The molecule has 2 heterocycles. The predicted octanol–water partition coefficient (Wildman–Crippen LogP) is 2.13. The maximum Gasteiger partial charge on any atom is 0.247 e. The Bertz CT molecular complexity index is 1020. The molecule has 0 radical (unpaired) electrons. The molecule has 1 saturated heterocycles. The van der Waals surface area contributed by atoms with Crippen molar-refractivity contribution in [2.75, 3.05) is 31.9 Å². The SMILES string of the molecule is C=C(N)/N=C\C(=NCc1nnc(-c2ccccc2)o1)N1CCN(S(=O)(=O)CC)CC1.CC. The molecule has 0 spiro atoms. The maximum atomic E-state index is 12.1. The minimum atomic E-state index is -3.21. The number of sulfonamides is 1. The van der Waals surface area contributed by atoms with Gasteiger partial charge < -0.3 is 15.1 Å². The van der Waals surface area contributed by atoms with Crippen LogP contribution >= 0.6 is 0 Å². The number of piperazine rings is 1. The second kappa shape index (κ2) is 12.1. The van der Waals surface area contributed by atoms with Gasteiger partial charge in [0.1, 0.15) is 18.2 Å². The Morgan fingerprint density at radius 1 is 1.19 bits per heavy atom. The van der Waals surface area contributed by atoms with Crippen LogP contribution in [0.4, 0.5) is 0 Å². The molecule has 11 heteroatoms. The summed E-state index contributed by atoms with van der Waals surface area (Å²) in [6.07, 6.45) is 1.51. The summed E-state index contributed by atoms with van der Waals surface area (Å²) in [7, 11) is -3.21. The van der Waals surface area contributed by atoms with E-state index in [1.54, 1.807) is 6.92 Å². The fourth-order valence-corrected chi connectivity index (χ4v) is 3.99. The zero-order valence-electron chi connectivity index (χ0n) is 18.8. The zero-order chi connectivity index (χ0) is 23.6. The second-order valence-electron chi connectivity index (χ2n) is 6.58. The molecule has 32 heavy (non-hydrogen) atoms. The number of nitrogens with zero attached hydrogens (tertiary/aromatic N) is 6. The molecule has 1 aliphatic heterocycles. The van der Waals surface area contributed by atoms with Crippen molar-refractivity contribution >= 4 is 22.1 Å². The smallest absolute Gasteiger partial charge is 0.247 e. The van der Waals surface area contributed by atoms with Gasteiger partial charge in [0.15, 0.2) is 0 Å². The number of aromatic nitrogens is 2. The predicted molar refractivity (Wildman–Crippen MR) is 127 cm³/mol. The number of nitrogens with two attached hydrogens (primary N) is 1. The highest BCUT2D eigenvalue weighted by atomic mass is 32.2. The van der Waals surface area contributed by atoms with Crippen LogP contribution in [0.2, 0.25) is 0 Å². The highest BCUT2D eigenvalue weighted by Crippen LogP contribution is 2.17. The van der Waals surface area contributed by atoms with Crippen LogP contribution in [0.3, 0.4) is 0 Å². The van der Waals surface area contributed by atoms with Crippen molar-refractivity contribution in [1.29, 1.82) is 0 Å². The third-order valence-corrected chi connectivity index (χ3v) is 6.41. The molecule has 3 rings (SSSR count). The van der Waals surface area contributed by atoms with E-state index in [-0.39, 0.29) is 18.1 Å². The van der Waals surface area contributed by atoms with E-state index in [2.05, 4.69) is 26.8 Å². The Labute approximate surface area is 189 Å². The summed E-state index contributed by atoms with van der Waals surface area (Å²) < 4.78 is 31.3. The van der Waals surface area contributed by atoms with Gasteiger partial charge in [0.05, 0.1) is 12.0 Å². The van der Waals surface area contributed by atoms with Crippen molar-refractivity contribution < 1.29 is 12.8 Å². The van der Waals surface area contributed by atoms with Crippen LogP contribution in [0.5, 0.6) is 0 Å². The number of rotatable bonds is 7. The standard InChI is InChI=1S/C19H25N7O3S.C2H6/c1-3-30(27,28)26-11-9-25(10-12-26)17(13-21-15(2)20)22-14-18-23-24-19(29-18)16-7-5-4-6-8-16;1-2/h4-8,13H,2-3,9-12,14,20H2,1H3;1-2H3/b21-13-,22-17?;. The summed E-state index contributed by atoms with van der Waals surface area (Å²) in [4.78, 5) is 10.5. The van der Waals surface area contributed by atoms with Gasteiger partial charge in [-0.15, -0.1) is 10.2 Å².